The van der Waals surface area contributed by atoms with Crippen LogP contribution in [0.5, 0.6) is 5.75 Å². The molecule has 0 fully saturated rings. The molecule has 3 rings (SSSR count). The molecule has 0 aliphatic rings. The van der Waals surface area contributed by atoms with Crippen LogP contribution in [0.1, 0.15) is 25.0 Å². The SMILES string of the molecule is Cc1cc(=O)oc2cc(OC(=O)[C@@H](NC(=O)OCc3ccccc3)C(C)C)c(Cl)cc12. The van der Waals surface area contributed by atoms with Crippen LogP contribution in [-0.4, -0.2) is 18.1 Å². The van der Waals surface area contributed by atoms with Gasteiger partial charge in [0.2, 0.25) is 0 Å². The van der Waals surface area contributed by atoms with Crippen LogP contribution in [0.15, 0.2) is 57.7 Å². The minimum atomic E-state index is -0.973. The number of fused-ring (bicyclic) bond motifs is 1. The summed E-state index contributed by atoms with van der Waals surface area (Å²) in [5.41, 5.74) is 1.23. The predicted molar refractivity (Wildman–Crippen MR) is 116 cm³/mol. The summed E-state index contributed by atoms with van der Waals surface area (Å²) in [6.07, 6.45) is -0.745. The number of ether oxygens (including phenoxy) is 2. The molecule has 1 amide bonds. The van der Waals surface area contributed by atoms with E-state index < -0.39 is 23.7 Å². The van der Waals surface area contributed by atoms with E-state index in [1.54, 1.807) is 26.8 Å². The largest absolute Gasteiger partial charge is 0.445 e. The summed E-state index contributed by atoms with van der Waals surface area (Å²) in [7, 11) is 0. The van der Waals surface area contributed by atoms with E-state index in [2.05, 4.69) is 5.32 Å². The van der Waals surface area contributed by atoms with E-state index in [0.717, 1.165) is 5.56 Å². The number of hydrogen-bond donors (Lipinski definition) is 1. The Hall–Kier alpha value is -3.32. The first kappa shape index (κ1) is 22.4. The maximum Gasteiger partial charge on any atom is 0.408 e. The van der Waals surface area contributed by atoms with E-state index in [-0.39, 0.29) is 28.9 Å². The molecule has 1 N–H and O–H groups in total. The number of esters is 1. The molecule has 0 radical (unpaired) electrons. The van der Waals surface area contributed by atoms with Crippen LogP contribution in [0, 0.1) is 12.8 Å². The molecule has 3 aromatic rings. The molecule has 2 aromatic carbocycles. The van der Waals surface area contributed by atoms with Crippen molar-refractivity contribution < 1.29 is 23.5 Å². The second kappa shape index (κ2) is 9.66. The lowest BCUT2D eigenvalue weighted by atomic mass is 10.1. The van der Waals surface area contributed by atoms with Crippen LogP contribution in [-0.2, 0) is 16.1 Å². The number of alkyl carbamates (subject to hydrolysis) is 1. The number of rotatable bonds is 6. The van der Waals surface area contributed by atoms with Crippen molar-refractivity contribution in [1.82, 2.24) is 5.32 Å². The van der Waals surface area contributed by atoms with Gasteiger partial charge < -0.3 is 19.2 Å². The molecule has 0 aliphatic carbocycles. The molecule has 1 heterocycles. The van der Waals surface area contributed by atoms with Crippen molar-refractivity contribution in [3.05, 3.63) is 75.1 Å². The van der Waals surface area contributed by atoms with Crippen LogP contribution in [0.2, 0.25) is 5.02 Å². The third kappa shape index (κ3) is 5.64. The Morgan fingerprint density at radius 3 is 2.52 bits per heavy atom. The molecule has 0 spiro atoms. The van der Waals surface area contributed by atoms with Gasteiger partial charge in [-0.25, -0.2) is 14.4 Å². The van der Waals surface area contributed by atoms with Crippen LogP contribution in [0.25, 0.3) is 11.0 Å². The Balaban J connectivity index is 1.72. The van der Waals surface area contributed by atoms with E-state index >= 15 is 0 Å². The first-order chi connectivity index (χ1) is 14.7. The summed E-state index contributed by atoms with van der Waals surface area (Å²) < 4.78 is 15.8. The maximum absolute atomic E-state index is 12.7. The van der Waals surface area contributed by atoms with Gasteiger partial charge in [0.25, 0.3) is 0 Å². The molecule has 0 unspecified atom stereocenters. The van der Waals surface area contributed by atoms with E-state index in [1.807, 2.05) is 30.3 Å². The number of nitrogens with one attached hydrogen (secondary N) is 1. The highest BCUT2D eigenvalue weighted by atomic mass is 35.5. The fourth-order valence-electron chi connectivity index (χ4n) is 2.96. The first-order valence-electron chi connectivity index (χ1n) is 9.67. The maximum atomic E-state index is 12.7. The van der Waals surface area contributed by atoms with Gasteiger partial charge in [0.1, 0.15) is 18.2 Å². The number of halogens is 1. The van der Waals surface area contributed by atoms with Gasteiger partial charge in [-0.3, -0.25) is 0 Å². The summed E-state index contributed by atoms with van der Waals surface area (Å²) >= 11 is 6.26. The Morgan fingerprint density at radius 1 is 1.13 bits per heavy atom. The van der Waals surface area contributed by atoms with E-state index in [1.165, 1.54) is 12.1 Å². The van der Waals surface area contributed by atoms with Crippen molar-refractivity contribution in [1.29, 1.82) is 0 Å². The van der Waals surface area contributed by atoms with E-state index in [9.17, 15) is 14.4 Å². The van der Waals surface area contributed by atoms with Crippen LogP contribution in [0.3, 0.4) is 0 Å². The van der Waals surface area contributed by atoms with Crippen molar-refractivity contribution in [3.8, 4) is 5.75 Å². The van der Waals surface area contributed by atoms with Crippen LogP contribution in [0.4, 0.5) is 4.79 Å². The minimum absolute atomic E-state index is 0.0259. The highest BCUT2D eigenvalue weighted by Crippen LogP contribution is 2.31. The zero-order valence-corrected chi connectivity index (χ0v) is 18.1. The number of hydrogen-bond acceptors (Lipinski definition) is 6. The molecule has 1 aromatic heterocycles. The quantitative estimate of drug-likeness (QED) is 0.339. The standard InChI is InChI=1S/C23H22ClNO6/c1-13(2)21(25-23(28)29-12-15-7-5-4-6-8-15)22(27)31-19-11-18-16(10-17(19)24)14(3)9-20(26)30-18/h4-11,13,21H,12H2,1-3H3,(H,25,28)/t21-/m0/s1. The number of amides is 1. The third-order valence-corrected chi connectivity index (χ3v) is 4.92. The normalized spacial score (nSPS) is 11.9. The highest BCUT2D eigenvalue weighted by molar-refractivity contribution is 6.33. The first-order valence-corrected chi connectivity index (χ1v) is 10.1. The molecule has 7 nitrogen and oxygen atoms in total. The smallest absolute Gasteiger partial charge is 0.408 e. The fourth-order valence-corrected chi connectivity index (χ4v) is 3.16. The molecule has 31 heavy (non-hydrogen) atoms. The molecule has 162 valence electrons. The topological polar surface area (TPSA) is 94.8 Å². The fraction of sp³-hybridized carbons (Fsp3) is 0.261. The van der Waals surface area contributed by atoms with Crippen LogP contribution >= 0.6 is 11.6 Å². The van der Waals surface area contributed by atoms with Gasteiger partial charge in [-0.1, -0.05) is 55.8 Å². The number of carbonyl (C=O) groups is 2. The lowest BCUT2D eigenvalue weighted by molar-refractivity contribution is -0.137. The second-order valence-electron chi connectivity index (χ2n) is 7.38. The molecular formula is C23H22ClNO6. The summed E-state index contributed by atoms with van der Waals surface area (Å²) in [5, 5.41) is 3.33. The predicted octanol–water partition coefficient (Wildman–Crippen LogP) is 4.61. The Kier molecular flexibility index (Phi) is 6.97. The number of aryl methyl sites for hydroxylation is 1. The lowest BCUT2D eigenvalue weighted by Gasteiger charge is -2.21. The summed E-state index contributed by atoms with van der Waals surface area (Å²) in [5.74, 6) is -0.975. The minimum Gasteiger partial charge on any atom is -0.445 e. The monoisotopic (exact) mass is 443 g/mol. The number of benzene rings is 2. The molecule has 8 heteroatoms. The molecule has 0 saturated carbocycles. The van der Waals surface area contributed by atoms with Crippen molar-refractivity contribution in [2.75, 3.05) is 0 Å². The van der Waals surface area contributed by atoms with Crippen molar-refractivity contribution in [2.24, 2.45) is 5.92 Å². The summed E-state index contributed by atoms with van der Waals surface area (Å²) in [6, 6.07) is 12.5. The Morgan fingerprint density at radius 2 is 1.84 bits per heavy atom. The highest BCUT2D eigenvalue weighted by Gasteiger charge is 2.28. The number of carbonyl (C=O) groups excluding carboxylic acids is 2. The zero-order chi connectivity index (χ0) is 22.5. The van der Waals surface area contributed by atoms with Crippen molar-refractivity contribution in [2.45, 2.75) is 33.4 Å². The van der Waals surface area contributed by atoms with Gasteiger partial charge in [0, 0.05) is 17.5 Å². The van der Waals surface area contributed by atoms with Crippen molar-refractivity contribution in [3.63, 3.8) is 0 Å². The average molecular weight is 444 g/mol. The molecule has 0 saturated heterocycles. The Labute approximate surface area is 183 Å². The van der Waals surface area contributed by atoms with Gasteiger partial charge in [-0.2, -0.15) is 0 Å². The molecule has 0 bridgehead atoms. The molecule has 1 atom stereocenters. The van der Waals surface area contributed by atoms with Gasteiger partial charge >= 0.3 is 17.7 Å². The van der Waals surface area contributed by atoms with E-state index in [4.69, 9.17) is 25.5 Å². The third-order valence-electron chi connectivity index (χ3n) is 4.62. The molecule has 0 aliphatic heterocycles. The summed E-state index contributed by atoms with van der Waals surface area (Å²) in [6.45, 7) is 5.34. The second-order valence-corrected chi connectivity index (χ2v) is 7.78. The van der Waals surface area contributed by atoms with Crippen molar-refractivity contribution >= 4 is 34.6 Å². The average Bonchev–Trinajstić information content (AvgIpc) is 2.72. The molecular weight excluding hydrogens is 422 g/mol. The van der Waals surface area contributed by atoms with Crippen LogP contribution < -0.4 is 15.7 Å². The van der Waals surface area contributed by atoms with Gasteiger partial charge in [-0.05, 0) is 30.0 Å². The van der Waals surface area contributed by atoms with E-state index in [0.29, 0.717) is 10.9 Å². The van der Waals surface area contributed by atoms with Gasteiger partial charge in [0.05, 0.1) is 5.02 Å². The zero-order valence-electron chi connectivity index (χ0n) is 17.3. The Bertz CT molecular complexity index is 1160. The lowest BCUT2D eigenvalue weighted by Crippen LogP contribution is -2.46. The summed E-state index contributed by atoms with van der Waals surface area (Å²) in [4.78, 5) is 36.6. The van der Waals surface area contributed by atoms with Gasteiger partial charge in [0.15, 0.2) is 5.75 Å². The van der Waals surface area contributed by atoms with Gasteiger partial charge in [-0.15, -0.1) is 0 Å².